The topological polar surface area (TPSA) is 47.4 Å². The van der Waals surface area contributed by atoms with E-state index in [2.05, 4.69) is 5.10 Å². The summed E-state index contributed by atoms with van der Waals surface area (Å²) < 4.78 is 44.6. The van der Waals surface area contributed by atoms with E-state index in [1.165, 1.54) is 10.7 Å². The molecule has 0 spiro atoms. The predicted molar refractivity (Wildman–Crippen MR) is 57.8 cm³/mol. The number of amides is 1. The van der Waals surface area contributed by atoms with Gasteiger partial charge in [0.15, 0.2) is 5.69 Å². The number of hydrogen-bond acceptors (Lipinski definition) is 3. The van der Waals surface area contributed by atoms with Crippen LogP contribution in [0.2, 0.25) is 0 Å². The standard InChI is InChI=1S/C11H12F3N3O2/c12-11(13,14)8-2-4-16(8)10(18)7-6-9-17(15-7)3-1-5-19-9/h6,8H,1-5H2. The van der Waals surface area contributed by atoms with Crippen molar-refractivity contribution in [3.8, 4) is 5.88 Å². The molecule has 0 radical (unpaired) electrons. The number of hydrogen-bond donors (Lipinski definition) is 0. The fraction of sp³-hybridized carbons (Fsp3) is 0.636. The molecule has 1 aromatic heterocycles. The first kappa shape index (κ1) is 12.3. The van der Waals surface area contributed by atoms with E-state index in [1.807, 2.05) is 0 Å². The van der Waals surface area contributed by atoms with Gasteiger partial charge in [-0.3, -0.25) is 4.79 Å². The number of aryl methyl sites for hydroxylation is 1. The summed E-state index contributed by atoms with van der Waals surface area (Å²) in [5, 5.41) is 4.00. The highest BCUT2D eigenvalue weighted by Crippen LogP contribution is 2.34. The summed E-state index contributed by atoms with van der Waals surface area (Å²) >= 11 is 0. The summed E-state index contributed by atoms with van der Waals surface area (Å²) in [7, 11) is 0. The van der Waals surface area contributed by atoms with E-state index < -0.39 is 18.1 Å². The first-order valence-corrected chi connectivity index (χ1v) is 6.05. The van der Waals surface area contributed by atoms with E-state index in [1.54, 1.807) is 0 Å². The van der Waals surface area contributed by atoms with Gasteiger partial charge < -0.3 is 9.64 Å². The number of rotatable bonds is 1. The van der Waals surface area contributed by atoms with Gasteiger partial charge in [-0.05, 0) is 6.42 Å². The number of likely N-dealkylation sites (tertiary alicyclic amines) is 1. The van der Waals surface area contributed by atoms with Crippen molar-refractivity contribution in [2.45, 2.75) is 31.6 Å². The Balaban J connectivity index is 1.79. The minimum atomic E-state index is -4.37. The Kier molecular flexibility index (Phi) is 2.68. The molecule has 0 aliphatic carbocycles. The molecule has 0 bridgehead atoms. The number of ether oxygens (including phenoxy) is 1. The molecule has 0 aromatic carbocycles. The molecule has 1 saturated heterocycles. The molecular weight excluding hydrogens is 263 g/mol. The second-order valence-electron chi connectivity index (χ2n) is 4.64. The largest absolute Gasteiger partial charge is 0.478 e. The maximum atomic E-state index is 12.6. The lowest BCUT2D eigenvalue weighted by atomic mass is 10.0. The Labute approximate surface area is 106 Å². The smallest absolute Gasteiger partial charge is 0.408 e. The number of nitrogens with zero attached hydrogens (tertiary/aromatic N) is 3. The van der Waals surface area contributed by atoms with Crippen LogP contribution in [-0.2, 0) is 6.54 Å². The lowest BCUT2D eigenvalue weighted by molar-refractivity contribution is -0.199. The van der Waals surface area contributed by atoms with Crippen molar-refractivity contribution in [3.63, 3.8) is 0 Å². The Bertz CT molecular complexity index is 488. The molecule has 1 atom stereocenters. The molecule has 0 N–H and O–H groups in total. The molecule has 5 nitrogen and oxygen atoms in total. The first-order valence-electron chi connectivity index (χ1n) is 6.05. The third kappa shape index (κ3) is 2.04. The highest BCUT2D eigenvalue weighted by Gasteiger charge is 2.51. The van der Waals surface area contributed by atoms with Crippen molar-refractivity contribution >= 4 is 5.91 Å². The molecular formula is C11H12F3N3O2. The van der Waals surface area contributed by atoms with Gasteiger partial charge in [-0.1, -0.05) is 0 Å². The van der Waals surface area contributed by atoms with Crippen LogP contribution in [0, 0.1) is 0 Å². The molecule has 2 aliphatic rings. The number of carbonyl (C=O) groups is 1. The van der Waals surface area contributed by atoms with Crippen molar-refractivity contribution in [1.82, 2.24) is 14.7 Å². The molecule has 2 aliphatic heterocycles. The molecule has 1 unspecified atom stereocenters. The van der Waals surface area contributed by atoms with Crippen molar-refractivity contribution in [1.29, 1.82) is 0 Å². The van der Waals surface area contributed by atoms with Gasteiger partial charge in [0, 0.05) is 25.6 Å². The highest BCUT2D eigenvalue weighted by atomic mass is 19.4. The minimum absolute atomic E-state index is 0.0193. The van der Waals surface area contributed by atoms with Crippen molar-refractivity contribution < 1.29 is 22.7 Å². The van der Waals surface area contributed by atoms with Crippen LogP contribution < -0.4 is 4.74 Å². The summed E-state index contributed by atoms with van der Waals surface area (Å²) in [6, 6.07) is -0.271. The lowest BCUT2D eigenvalue weighted by Gasteiger charge is -2.41. The number of halogens is 3. The fourth-order valence-electron chi connectivity index (χ4n) is 2.29. The summed E-state index contributed by atoms with van der Waals surface area (Å²) in [6.07, 6.45) is -3.64. The van der Waals surface area contributed by atoms with Crippen LogP contribution in [0.25, 0.3) is 0 Å². The molecule has 3 rings (SSSR count). The van der Waals surface area contributed by atoms with Gasteiger partial charge in [-0.25, -0.2) is 4.68 Å². The normalized spacial score (nSPS) is 22.5. The Morgan fingerprint density at radius 3 is 2.79 bits per heavy atom. The van der Waals surface area contributed by atoms with Crippen LogP contribution >= 0.6 is 0 Å². The van der Waals surface area contributed by atoms with Gasteiger partial charge >= 0.3 is 6.18 Å². The Morgan fingerprint density at radius 1 is 1.42 bits per heavy atom. The minimum Gasteiger partial charge on any atom is -0.478 e. The molecule has 0 saturated carbocycles. The van der Waals surface area contributed by atoms with Crippen LogP contribution in [0.4, 0.5) is 13.2 Å². The summed E-state index contributed by atoms with van der Waals surface area (Å²) in [5.41, 5.74) is 0.0193. The van der Waals surface area contributed by atoms with Crippen LogP contribution in [0.1, 0.15) is 23.3 Å². The maximum Gasteiger partial charge on any atom is 0.408 e. The maximum absolute atomic E-state index is 12.6. The molecule has 104 valence electrons. The van der Waals surface area contributed by atoms with E-state index in [4.69, 9.17) is 4.74 Å². The van der Waals surface area contributed by atoms with Crippen molar-refractivity contribution in [2.75, 3.05) is 13.2 Å². The zero-order valence-corrected chi connectivity index (χ0v) is 9.98. The first-order chi connectivity index (χ1) is 8.97. The summed E-state index contributed by atoms with van der Waals surface area (Å²) in [6.45, 7) is 1.27. The summed E-state index contributed by atoms with van der Waals surface area (Å²) in [5.74, 6) is -0.238. The molecule has 1 aromatic rings. The molecule has 3 heterocycles. The molecule has 8 heteroatoms. The third-order valence-corrected chi connectivity index (χ3v) is 3.38. The quantitative estimate of drug-likeness (QED) is 0.779. The Morgan fingerprint density at radius 2 is 2.21 bits per heavy atom. The number of carbonyl (C=O) groups excluding carboxylic acids is 1. The van der Waals surface area contributed by atoms with Crippen molar-refractivity contribution in [3.05, 3.63) is 11.8 Å². The van der Waals surface area contributed by atoms with Gasteiger partial charge in [-0.2, -0.15) is 18.3 Å². The van der Waals surface area contributed by atoms with Gasteiger partial charge in [0.05, 0.1) is 6.61 Å². The van der Waals surface area contributed by atoms with Gasteiger partial charge in [0.2, 0.25) is 5.88 Å². The molecule has 1 fully saturated rings. The van der Waals surface area contributed by atoms with Crippen molar-refractivity contribution in [2.24, 2.45) is 0 Å². The average Bonchev–Trinajstić information content (AvgIpc) is 2.68. The van der Waals surface area contributed by atoms with E-state index in [-0.39, 0.29) is 18.7 Å². The van der Waals surface area contributed by atoms with E-state index in [0.717, 1.165) is 11.3 Å². The monoisotopic (exact) mass is 275 g/mol. The average molecular weight is 275 g/mol. The van der Waals surface area contributed by atoms with Crippen LogP contribution in [-0.4, -0.2) is 46.0 Å². The Hall–Kier alpha value is -1.73. The van der Waals surface area contributed by atoms with E-state index in [0.29, 0.717) is 19.0 Å². The van der Waals surface area contributed by atoms with E-state index in [9.17, 15) is 18.0 Å². The van der Waals surface area contributed by atoms with E-state index >= 15 is 0 Å². The van der Waals surface area contributed by atoms with Gasteiger partial charge in [0.25, 0.3) is 5.91 Å². The highest BCUT2D eigenvalue weighted by molar-refractivity contribution is 5.93. The SMILES string of the molecule is O=C(c1cc2n(n1)CCCO2)N1CCC1C(F)(F)F. The second kappa shape index (κ2) is 4.14. The summed E-state index contributed by atoms with van der Waals surface area (Å²) in [4.78, 5) is 12.8. The molecule has 19 heavy (non-hydrogen) atoms. The lowest BCUT2D eigenvalue weighted by Crippen LogP contribution is -2.58. The third-order valence-electron chi connectivity index (χ3n) is 3.38. The van der Waals surface area contributed by atoms with Gasteiger partial charge in [-0.15, -0.1) is 0 Å². The predicted octanol–water partition coefficient (Wildman–Crippen LogP) is 1.44. The zero-order valence-electron chi connectivity index (χ0n) is 9.98. The van der Waals surface area contributed by atoms with Crippen LogP contribution in [0.3, 0.4) is 0 Å². The number of aromatic nitrogens is 2. The second-order valence-corrected chi connectivity index (χ2v) is 4.64. The fourth-order valence-corrected chi connectivity index (χ4v) is 2.29. The zero-order chi connectivity index (χ0) is 13.6. The number of alkyl halides is 3. The van der Waals surface area contributed by atoms with Gasteiger partial charge in [0.1, 0.15) is 6.04 Å². The molecule has 1 amide bonds. The van der Waals surface area contributed by atoms with Crippen LogP contribution in [0.15, 0.2) is 6.07 Å². The number of fused-ring (bicyclic) bond motifs is 1. The van der Waals surface area contributed by atoms with Crippen LogP contribution in [0.5, 0.6) is 5.88 Å².